The van der Waals surface area contributed by atoms with Gasteiger partial charge in [0.15, 0.2) is 0 Å². The fraction of sp³-hybridized carbons (Fsp3) is 0.688. The predicted octanol–water partition coefficient (Wildman–Crippen LogP) is 3.19. The van der Waals surface area contributed by atoms with Gasteiger partial charge in [-0.1, -0.05) is 20.8 Å². The van der Waals surface area contributed by atoms with Crippen molar-refractivity contribution < 1.29 is 9.47 Å². The molecule has 0 aliphatic carbocycles. The number of aromatic nitrogens is 1. The molecule has 0 amide bonds. The summed E-state index contributed by atoms with van der Waals surface area (Å²) in [6, 6.07) is 2.17. The van der Waals surface area contributed by atoms with Gasteiger partial charge >= 0.3 is 0 Å². The van der Waals surface area contributed by atoms with Gasteiger partial charge in [0.2, 0.25) is 0 Å². The summed E-state index contributed by atoms with van der Waals surface area (Å²) in [6.07, 6.45) is 3.89. The first kappa shape index (κ1) is 16.9. The van der Waals surface area contributed by atoms with Crippen LogP contribution in [0, 0.1) is 5.92 Å². The minimum atomic E-state index is 0.103. The van der Waals surface area contributed by atoms with Crippen molar-refractivity contribution in [3.63, 3.8) is 0 Å². The number of hydrogen-bond acceptors (Lipinski definition) is 4. The second-order valence-corrected chi connectivity index (χ2v) is 5.60. The zero-order chi connectivity index (χ0) is 15.1. The summed E-state index contributed by atoms with van der Waals surface area (Å²) in [5.41, 5.74) is 1.10. The lowest BCUT2D eigenvalue weighted by Gasteiger charge is -2.30. The highest BCUT2D eigenvalue weighted by Crippen LogP contribution is 2.26. The summed E-state index contributed by atoms with van der Waals surface area (Å²) in [6.45, 7) is 11.3. The van der Waals surface area contributed by atoms with E-state index in [0.717, 1.165) is 17.9 Å². The summed E-state index contributed by atoms with van der Waals surface area (Å²) < 4.78 is 11.4. The summed E-state index contributed by atoms with van der Waals surface area (Å²) in [5, 5.41) is 3.49. The Kier molecular flexibility index (Phi) is 6.96. The second kappa shape index (κ2) is 8.22. The molecule has 1 rings (SSSR count). The van der Waals surface area contributed by atoms with E-state index in [1.807, 2.05) is 20.0 Å². The molecule has 114 valence electrons. The average Bonchev–Trinajstić information content (AvgIpc) is 2.37. The molecule has 20 heavy (non-hydrogen) atoms. The molecule has 0 aliphatic rings. The fourth-order valence-corrected chi connectivity index (χ4v) is 2.38. The molecule has 0 fully saturated rings. The highest BCUT2D eigenvalue weighted by atomic mass is 16.5. The fourth-order valence-electron chi connectivity index (χ4n) is 2.38. The van der Waals surface area contributed by atoms with Crippen molar-refractivity contribution in [1.82, 2.24) is 10.3 Å². The van der Waals surface area contributed by atoms with Gasteiger partial charge in [-0.25, -0.2) is 0 Å². The lowest BCUT2D eigenvalue weighted by atomic mass is 9.94. The Morgan fingerprint density at radius 2 is 1.90 bits per heavy atom. The molecular weight excluding hydrogens is 252 g/mol. The molecule has 1 heterocycles. The molecule has 0 bridgehead atoms. The largest absolute Gasteiger partial charge is 0.489 e. The van der Waals surface area contributed by atoms with E-state index in [1.54, 1.807) is 13.3 Å². The molecule has 0 aliphatic heterocycles. The number of nitrogens with one attached hydrogen (secondary N) is 1. The van der Waals surface area contributed by atoms with Crippen molar-refractivity contribution in [1.29, 1.82) is 0 Å². The Morgan fingerprint density at radius 3 is 2.40 bits per heavy atom. The Labute approximate surface area is 122 Å². The van der Waals surface area contributed by atoms with Gasteiger partial charge in [0, 0.05) is 13.3 Å². The monoisotopic (exact) mass is 280 g/mol. The van der Waals surface area contributed by atoms with Gasteiger partial charge in [0.25, 0.3) is 0 Å². The average molecular weight is 280 g/mol. The quantitative estimate of drug-likeness (QED) is 0.794. The third-order valence-corrected chi connectivity index (χ3v) is 3.15. The highest BCUT2D eigenvalue weighted by Gasteiger charge is 2.25. The number of hydrogen-bond donors (Lipinski definition) is 1. The molecule has 2 atom stereocenters. The van der Waals surface area contributed by atoms with Crippen LogP contribution in [0.25, 0.3) is 0 Å². The first-order chi connectivity index (χ1) is 9.49. The van der Waals surface area contributed by atoms with Crippen LogP contribution in [0.2, 0.25) is 0 Å². The molecule has 0 spiro atoms. The highest BCUT2D eigenvalue weighted by molar-refractivity contribution is 5.27. The van der Waals surface area contributed by atoms with E-state index in [-0.39, 0.29) is 18.2 Å². The second-order valence-electron chi connectivity index (χ2n) is 5.60. The van der Waals surface area contributed by atoms with Crippen LogP contribution in [-0.2, 0) is 4.74 Å². The number of rotatable bonds is 8. The van der Waals surface area contributed by atoms with Crippen LogP contribution < -0.4 is 10.1 Å². The van der Waals surface area contributed by atoms with E-state index in [4.69, 9.17) is 9.47 Å². The maximum absolute atomic E-state index is 5.73. The van der Waals surface area contributed by atoms with Crippen LogP contribution in [0.3, 0.4) is 0 Å². The third-order valence-electron chi connectivity index (χ3n) is 3.15. The van der Waals surface area contributed by atoms with Gasteiger partial charge in [-0.3, -0.25) is 4.98 Å². The normalized spacial score (nSPS) is 14.6. The lowest BCUT2D eigenvalue weighted by molar-refractivity contribution is 0.0329. The van der Waals surface area contributed by atoms with E-state index < -0.39 is 0 Å². The van der Waals surface area contributed by atoms with E-state index in [2.05, 4.69) is 37.1 Å². The molecule has 4 heteroatoms. The van der Waals surface area contributed by atoms with Gasteiger partial charge in [-0.05, 0) is 37.9 Å². The SMILES string of the molecule is CCNC(c1cncc(OC(C)C)c1)C(OC)C(C)C. The molecule has 0 saturated heterocycles. The maximum atomic E-state index is 5.73. The predicted molar refractivity (Wildman–Crippen MR) is 82.1 cm³/mol. The van der Waals surface area contributed by atoms with Gasteiger partial charge in [-0.15, -0.1) is 0 Å². The van der Waals surface area contributed by atoms with Crippen molar-refractivity contribution >= 4 is 0 Å². The third kappa shape index (κ3) is 4.76. The van der Waals surface area contributed by atoms with Crippen molar-refractivity contribution in [2.24, 2.45) is 5.92 Å². The number of likely N-dealkylation sites (N-methyl/N-ethyl adjacent to an activating group) is 1. The van der Waals surface area contributed by atoms with E-state index in [1.165, 1.54) is 0 Å². The molecule has 2 unspecified atom stereocenters. The maximum Gasteiger partial charge on any atom is 0.138 e. The van der Waals surface area contributed by atoms with Crippen LogP contribution in [0.4, 0.5) is 0 Å². The smallest absolute Gasteiger partial charge is 0.138 e. The summed E-state index contributed by atoms with van der Waals surface area (Å²) >= 11 is 0. The Morgan fingerprint density at radius 1 is 1.20 bits per heavy atom. The topological polar surface area (TPSA) is 43.4 Å². The number of methoxy groups -OCH3 is 1. The molecule has 4 nitrogen and oxygen atoms in total. The Hall–Kier alpha value is -1.13. The summed E-state index contributed by atoms with van der Waals surface area (Å²) in [4.78, 5) is 4.30. The minimum absolute atomic E-state index is 0.103. The van der Waals surface area contributed by atoms with E-state index in [0.29, 0.717) is 5.92 Å². The van der Waals surface area contributed by atoms with Gasteiger partial charge in [-0.2, -0.15) is 0 Å². The number of nitrogens with zero attached hydrogens (tertiary/aromatic N) is 1. The van der Waals surface area contributed by atoms with Crippen LogP contribution in [0.1, 0.15) is 46.2 Å². The zero-order valence-corrected chi connectivity index (χ0v) is 13.5. The first-order valence-electron chi connectivity index (χ1n) is 7.37. The van der Waals surface area contributed by atoms with Crippen LogP contribution in [-0.4, -0.2) is 30.8 Å². The van der Waals surface area contributed by atoms with Crippen molar-refractivity contribution in [3.05, 3.63) is 24.0 Å². The van der Waals surface area contributed by atoms with Gasteiger partial charge in [0.1, 0.15) is 5.75 Å². The van der Waals surface area contributed by atoms with Crippen molar-refractivity contribution in [2.75, 3.05) is 13.7 Å². The molecule has 1 aromatic heterocycles. The first-order valence-corrected chi connectivity index (χ1v) is 7.37. The minimum Gasteiger partial charge on any atom is -0.489 e. The van der Waals surface area contributed by atoms with Crippen molar-refractivity contribution in [3.8, 4) is 5.75 Å². The Bertz CT molecular complexity index is 394. The van der Waals surface area contributed by atoms with E-state index >= 15 is 0 Å². The van der Waals surface area contributed by atoms with Crippen LogP contribution in [0.5, 0.6) is 5.75 Å². The lowest BCUT2D eigenvalue weighted by Crippen LogP contribution is -2.36. The molecule has 0 aromatic carbocycles. The Balaban J connectivity index is 3.01. The zero-order valence-electron chi connectivity index (χ0n) is 13.5. The molecule has 1 aromatic rings. The van der Waals surface area contributed by atoms with Gasteiger partial charge < -0.3 is 14.8 Å². The van der Waals surface area contributed by atoms with E-state index in [9.17, 15) is 0 Å². The van der Waals surface area contributed by atoms with Crippen molar-refractivity contribution in [2.45, 2.75) is 52.9 Å². The number of ether oxygens (including phenoxy) is 2. The summed E-state index contributed by atoms with van der Waals surface area (Å²) in [5.74, 6) is 1.22. The van der Waals surface area contributed by atoms with Crippen LogP contribution in [0.15, 0.2) is 18.5 Å². The number of pyridine rings is 1. The molecule has 1 N–H and O–H groups in total. The molecule has 0 saturated carbocycles. The molecule has 0 radical (unpaired) electrons. The summed E-state index contributed by atoms with van der Waals surface area (Å²) in [7, 11) is 1.76. The van der Waals surface area contributed by atoms with Gasteiger partial charge in [0.05, 0.1) is 24.4 Å². The molecular formula is C16H28N2O2. The standard InChI is InChI=1S/C16H28N2O2/c1-7-18-15(16(19-6)11(2)3)13-8-14(10-17-9-13)20-12(4)5/h8-12,15-16,18H,7H2,1-6H3. The van der Waals surface area contributed by atoms with Crippen LogP contribution >= 0.6 is 0 Å².